The SMILES string of the molecule is c1ccc(-c2cc(-c3ccc(-c4cccc5c4oc4c5ccc5c(-c6ccccc6)nc6ccccc6c54)cc3)nc(-c3ccccc3)n2)cc1. The summed E-state index contributed by atoms with van der Waals surface area (Å²) in [6.45, 7) is 0. The molecule has 0 fully saturated rings. The van der Waals surface area contributed by atoms with Crippen LogP contribution >= 0.6 is 0 Å². The van der Waals surface area contributed by atoms with Crippen LogP contribution in [-0.2, 0) is 0 Å². The Bertz CT molecular complexity index is 2820. The van der Waals surface area contributed by atoms with Gasteiger partial charge in [-0.25, -0.2) is 15.0 Å². The molecule has 0 N–H and O–H groups in total. The van der Waals surface area contributed by atoms with Crippen molar-refractivity contribution in [2.45, 2.75) is 0 Å². The Balaban J connectivity index is 1.12. The molecule has 0 bridgehead atoms. The second-order valence-electron chi connectivity index (χ2n) is 12.8. The zero-order chi connectivity index (χ0) is 33.7. The van der Waals surface area contributed by atoms with Crippen LogP contribution in [0.3, 0.4) is 0 Å². The van der Waals surface area contributed by atoms with Crippen LogP contribution < -0.4 is 0 Å². The topological polar surface area (TPSA) is 51.8 Å². The summed E-state index contributed by atoms with van der Waals surface area (Å²) in [6, 6.07) is 60.6. The van der Waals surface area contributed by atoms with Gasteiger partial charge in [-0.05, 0) is 23.8 Å². The van der Waals surface area contributed by atoms with Crippen LogP contribution in [0.15, 0.2) is 180 Å². The molecular formula is C47H29N3O. The highest BCUT2D eigenvalue weighted by atomic mass is 16.3. The molecule has 0 unspecified atom stereocenters. The van der Waals surface area contributed by atoms with E-state index in [-0.39, 0.29) is 0 Å². The number of rotatable bonds is 5. The fraction of sp³-hybridized carbons (Fsp3) is 0. The Labute approximate surface area is 294 Å². The van der Waals surface area contributed by atoms with Crippen molar-refractivity contribution in [3.8, 4) is 56.3 Å². The van der Waals surface area contributed by atoms with Crippen molar-refractivity contribution in [2.24, 2.45) is 0 Å². The minimum absolute atomic E-state index is 0.702. The van der Waals surface area contributed by atoms with Crippen LogP contribution in [0.1, 0.15) is 0 Å². The molecule has 10 rings (SSSR count). The van der Waals surface area contributed by atoms with Gasteiger partial charge in [0, 0.05) is 54.7 Å². The van der Waals surface area contributed by atoms with E-state index in [9.17, 15) is 0 Å². The van der Waals surface area contributed by atoms with Gasteiger partial charge in [-0.3, -0.25) is 0 Å². The minimum atomic E-state index is 0.702. The zero-order valence-corrected chi connectivity index (χ0v) is 27.5. The van der Waals surface area contributed by atoms with Gasteiger partial charge >= 0.3 is 0 Å². The summed E-state index contributed by atoms with van der Waals surface area (Å²) >= 11 is 0. The van der Waals surface area contributed by atoms with E-state index < -0.39 is 0 Å². The molecule has 3 aromatic heterocycles. The zero-order valence-electron chi connectivity index (χ0n) is 27.5. The van der Waals surface area contributed by atoms with E-state index in [0.29, 0.717) is 5.82 Å². The van der Waals surface area contributed by atoms with Gasteiger partial charge in [-0.2, -0.15) is 0 Å². The number of aromatic nitrogens is 3. The number of nitrogens with zero attached hydrogens (tertiary/aromatic N) is 3. The standard InChI is InChI=1S/C47H29N3O/c1-4-13-31(14-5-1)41-29-42(50-47(49-41)34-17-8-3-9-18-34)32-25-23-30(24-26-32)35-20-12-21-36-37-27-28-39-43(46(37)51-45(35)36)38-19-10-11-22-40(38)48-44(39)33-15-6-2-7-16-33/h1-29H. The summed E-state index contributed by atoms with van der Waals surface area (Å²) in [5.41, 5.74) is 11.7. The first kappa shape index (κ1) is 29.0. The van der Waals surface area contributed by atoms with Gasteiger partial charge in [-0.1, -0.05) is 158 Å². The molecule has 3 heterocycles. The molecular weight excluding hydrogens is 623 g/mol. The number of hydrogen-bond acceptors (Lipinski definition) is 4. The molecule has 0 atom stereocenters. The summed E-state index contributed by atoms with van der Waals surface area (Å²) < 4.78 is 6.95. The number of pyridine rings is 1. The molecule has 10 aromatic rings. The molecule has 0 radical (unpaired) electrons. The van der Waals surface area contributed by atoms with E-state index in [0.717, 1.165) is 94.1 Å². The number of para-hydroxylation sites is 2. The minimum Gasteiger partial charge on any atom is -0.455 e. The van der Waals surface area contributed by atoms with Crippen LogP contribution in [-0.4, -0.2) is 15.0 Å². The molecule has 238 valence electrons. The van der Waals surface area contributed by atoms with Crippen molar-refractivity contribution in [1.82, 2.24) is 15.0 Å². The fourth-order valence-electron chi connectivity index (χ4n) is 7.22. The summed E-state index contributed by atoms with van der Waals surface area (Å²) in [6.07, 6.45) is 0. The van der Waals surface area contributed by atoms with E-state index in [2.05, 4.69) is 127 Å². The maximum absolute atomic E-state index is 6.95. The highest BCUT2D eigenvalue weighted by Crippen LogP contribution is 2.43. The lowest BCUT2D eigenvalue weighted by Gasteiger charge is -2.10. The molecule has 0 amide bonds. The lowest BCUT2D eigenvalue weighted by molar-refractivity contribution is 0.674. The Kier molecular flexibility index (Phi) is 6.78. The molecule has 0 saturated carbocycles. The normalized spacial score (nSPS) is 11.5. The van der Waals surface area contributed by atoms with Crippen LogP contribution in [0.5, 0.6) is 0 Å². The van der Waals surface area contributed by atoms with Gasteiger partial charge in [0.2, 0.25) is 0 Å². The lowest BCUT2D eigenvalue weighted by Crippen LogP contribution is -1.95. The summed E-state index contributed by atoms with van der Waals surface area (Å²) in [5, 5.41) is 5.42. The third-order valence-corrected chi connectivity index (χ3v) is 9.69. The first-order valence-electron chi connectivity index (χ1n) is 17.1. The van der Waals surface area contributed by atoms with Crippen LogP contribution in [0, 0.1) is 0 Å². The predicted octanol–water partition coefficient (Wildman–Crippen LogP) is 12.4. The van der Waals surface area contributed by atoms with E-state index in [1.54, 1.807) is 0 Å². The summed E-state index contributed by atoms with van der Waals surface area (Å²) in [4.78, 5) is 15.1. The first-order chi connectivity index (χ1) is 25.3. The van der Waals surface area contributed by atoms with Gasteiger partial charge in [0.15, 0.2) is 5.82 Å². The Morgan fingerprint density at radius 2 is 0.902 bits per heavy atom. The van der Waals surface area contributed by atoms with Crippen molar-refractivity contribution in [3.05, 3.63) is 176 Å². The van der Waals surface area contributed by atoms with Gasteiger partial charge in [-0.15, -0.1) is 0 Å². The van der Waals surface area contributed by atoms with Crippen LogP contribution in [0.4, 0.5) is 0 Å². The largest absolute Gasteiger partial charge is 0.455 e. The molecule has 4 heteroatoms. The van der Waals surface area contributed by atoms with Crippen molar-refractivity contribution in [1.29, 1.82) is 0 Å². The molecule has 7 aromatic carbocycles. The second kappa shape index (κ2) is 11.9. The van der Waals surface area contributed by atoms with Gasteiger partial charge in [0.05, 0.1) is 22.6 Å². The van der Waals surface area contributed by atoms with E-state index >= 15 is 0 Å². The number of benzene rings is 7. The third kappa shape index (κ3) is 4.96. The Morgan fingerprint density at radius 1 is 0.353 bits per heavy atom. The average Bonchev–Trinajstić information content (AvgIpc) is 3.61. The molecule has 0 aliphatic rings. The first-order valence-corrected chi connectivity index (χ1v) is 17.1. The summed E-state index contributed by atoms with van der Waals surface area (Å²) in [5.74, 6) is 0.702. The second-order valence-corrected chi connectivity index (χ2v) is 12.8. The molecule has 0 aliphatic heterocycles. The lowest BCUT2D eigenvalue weighted by atomic mass is 9.97. The van der Waals surface area contributed by atoms with E-state index in [4.69, 9.17) is 19.4 Å². The van der Waals surface area contributed by atoms with Crippen LogP contribution in [0.2, 0.25) is 0 Å². The maximum atomic E-state index is 6.95. The van der Waals surface area contributed by atoms with E-state index in [1.807, 2.05) is 48.5 Å². The monoisotopic (exact) mass is 651 g/mol. The van der Waals surface area contributed by atoms with Gasteiger partial charge in [0.1, 0.15) is 11.2 Å². The van der Waals surface area contributed by atoms with Crippen molar-refractivity contribution >= 4 is 43.6 Å². The average molecular weight is 652 g/mol. The number of furan rings is 1. The molecule has 0 aliphatic carbocycles. The predicted molar refractivity (Wildman–Crippen MR) is 209 cm³/mol. The van der Waals surface area contributed by atoms with Crippen molar-refractivity contribution in [2.75, 3.05) is 0 Å². The number of hydrogen-bond donors (Lipinski definition) is 0. The van der Waals surface area contributed by atoms with Crippen molar-refractivity contribution < 1.29 is 4.42 Å². The Morgan fingerprint density at radius 3 is 1.63 bits per heavy atom. The smallest absolute Gasteiger partial charge is 0.160 e. The summed E-state index contributed by atoms with van der Waals surface area (Å²) in [7, 11) is 0. The Hall–Kier alpha value is -6.91. The highest BCUT2D eigenvalue weighted by molar-refractivity contribution is 6.25. The quantitative estimate of drug-likeness (QED) is 0.174. The molecule has 4 nitrogen and oxygen atoms in total. The molecule has 0 saturated heterocycles. The van der Waals surface area contributed by atoms with Gasteiger partial charge in [0.25, 0.3) is 0 Å². The third-order valence-electron chi connectivity index (χ3n) is 9.69. The molecule has 51 heavy (non-hydrogen) atoms. The highest BCUT2D eigenvalue weighted by Gasteiger charge is 2.19. The van der Waals surface area contributed by atoms with E-state index in [1.165, 1.54) is 0 Å². The fourth-order valence-corrected chi connectivity index (χ4v) is 7.22. The van der Waals surface area contributed by atoms with Gasteiger partial charge < -0.3 is 4.42 Å². The van der Waals surface area contributed by atoms with Crippen LogP contribution in [0.25, 0.3) is 99.9 Å². The molecule has 0 spiro atoms. The maximum Gasteiger partial charge on any atom is 0.160 e. The number of fused-ring (bicyclic) bond motifs is 7. The van der Waals surface area contributed by atoms with Crippen molar-refractivity contribution in [3.63, 3.8) is 0 Å².